The van der Waals surface area contributed by atoms with Gasteiger partial charge in [0, 0.05) is 18.5 Å². The number of hydrogen-bond acceptors (Lipinski definition) is 7. The largest absolute Gasteiger partial charge is 0.493 e. The van der Waals surface area contributed by atoms with Gasteiger partial charge in [-0.2, -0.15) is 0 Å². The number of rotatable bonds is 11. The highest BCUT2D eigenvalue weighted by atomic mass is 32.1. The summed E-state index contributed by atoms with van der Waals surface area (Å²) in [6, 6.07) is 20.8. The molecule has 2 N–H and O–H groups in total. The van der Waals surface area contributed by atoms with Crippen LogP contribution in [0.3, 0.4) is 0 Å². The minimum absolute atomic E-state index is 0.0909. The number of carbonyl (C=O) groups is 3. The van der Waals surface area contributed by atoms with E-state index in [-0.39, 0.29) is 24.5 Å². The highest BCUT2D eigenvalue weighted by Gasteiger charge is 2.35. The van der Waals surface area contributed by atoms with Gasteiger partial charge >= 0.3 is 0 Å². The normalized spacial score (nSPS) is 15.1. The van der Waals surface area contributed by atoms with Gasteiger partial charge in [-0.15, -0.1) is 11.3 Å². The smallest absolute Gasteiger partial charge is 0.261 e. The molecule has 1 aromatic heterocycles. The summed E-state index contributed by atoms with van der Waals surface area (Å²) in [6.07, 6.45) is 1.69. The minimum atomic E-state index is -1.09. The molecular formula is C32H33N3O6S. The maximum Gasteiger partial charge on any atom is 0.261 e. The van der Waals surface area contributed by atoms with Crippen molar-refractivity contribution in [2.75, 3.05) is 38.8 Å². The van der Waals surface area contributed by atoms with E-state index in [2.05, 4.69) is 10.6 Å². The average molecular weight is 588 g/mol. The second-order valence-corrected chi connectivity index (χ2v) is 10.8. The molecule has 218 valence electrons. The Bertz CT molecular complexity index is 1550. The van der Waals surface area contributed by atoms with E-state index < -0.39 is 11.9 Å². The lowest BCUT2D eigenvalue weighted by Crippen LogP contribution is -2.48. The van der Waals surface area contributed by atoms with Crippen LogP contribution in [0.2, 0.25) is 0 Å². The first-order valence-corrected chi connectivity index (χ1v) is 14.6. The second kappa shape index (κ2) is 13.5. The number of fused-ring (bicyclic) bond motifs is 1. The summed E-state index contributed by atoms with van der Waals surface area (Å²) in [4.78, 5) is 43.0. The van der Waals surface area contributed by atoms with Gasteiger partial charge < -0.3 is 24.8 Å². The molecule has 3 aromatic carbocycles. The van der Waals surface area contributed by atoms with E-state index in [4.69, 9.17) is 14.2 Å². The van der Waals surface area contributed by atoms with Gasteiger partial charge in [0.1, 0.15) is 6.04 Å². The Kier molecular flexibility index (Phi) is 9.35. The van der Waals surface area contributed by atoms with Gasteiger partial charge in [0.05, 0.1) is 37.4 Å². The molecule has 1 aliphatic rings. The molecule has 4 aromatic rings. The number of amides is 3. The lowest BCUT2D eigenvalue weighted by molar-refractivity contribution is -0.126. The van der Waals surface area contributed by atoms with Gasteiger partial charge in [0.2, 0.25) is 11.8 Å². The van der Waals surface area contributed by atoms with E-state index >= 15 is 0 Å². The van der Waals surface area contributed by atoms with Crippen LogP contribution in [0.15, 0.2) is 78.2 Å². The summed E-state index contributed by atoms with van der Waals surface area (Å²) in [5, 5.41) is 9.23. The molecule has 3 amide bonds. The first-order chi connectivity index (χ1) is 20.5. The van der Waals surface area contributed by atoms with E-state index in [0.29, 0.717) is 40.8 Å². The first kappa shape index (κ1) is 29.1. The third-order valence-corrected chi connectivity index (χ3v) is 8.07. The van der Waals surface area contributed by atoms with Gasteiger partial charge in [-0.3, -0.25) is 19.3 Å². The molecule has 0 spiro atoms. The van der Waals surface area contributed by atoms with E-state index in [1.807, 2.05) is 42.5 Å². The molecule has 5 rings (SSSR count). The van der Waals surface area contributed by atoms with Crippen molar-refractivity contribution in [3.05, 3.63) is 88.6 Å². The number of anilines is 1. The Labute approximate surface area is 248 Å². The van der Waals surface area contributed by atoms with Crippen LogP contribution in [0, 0.1) is 0 Å². The first-order valence-electron chi connectivity index (χ1n) is 13.7. The zero-order valence-corrected chi connectivity index (χ0v) is 24.3. The van der Waals surface area contributed by atoms with Gasteiger partial charge in [0.25, 0.3) is 5.91 Å². The van der Waals surface area contributed by atoms with Gasteiger partial charge in [-0.05, 0) is 53.4 Å². The molecule has 2 heterocycles. The monoisotopic (exact) mass is 587 g/mol. The zero-order chi connectivity index (χ0) is 29.5. The summed E-state index contributed by atoms with van der Waals surface area (Å²) in [5.74, 6) is -0.289. The lowest BCUT2D eigenvalue weighted by Gasteiger charge is -2.33. The number of nitrogens with one attached hydrogen (secondary N) is 2. The Morgan fingerprint density at radius 3 is 2.52 bits per heavy atom. The van der Waals surface area contributed by atoms with Crippen molar-refractivity contribution in [2.45, 2.75) is 25.0 Å². The molecule has 0 saturated carbocycles. The van der Waals surface area contributed by atoms with Crippen LogP contribution in [0.4, 0.5) is 5.69 Å². The maximum atomic E-state index is 14.2. The van der Waals surface area contributed by atoms with E-state index in [1.165, 1.54) is 30.5 Å². The molecule has 10 heteroatoms. The third kappa shape index (κ3) is 6.40. The van der Waals surface area contributed by atoms with Crippen LogP contribution >= 0.6 is 11.3 Å². The average Bonchev–Trinajstić information content (AvgIpc) is 3.76. The molecule has 9 nitrogen and oxygen atoms in total. The van der Waals surface area contributed by atoms with E-state index in [9.17, 15) is 14.4 Å². The Balaban J connectivity index is 1.58. The molecule has 2 atom stereocenters. The molecule has 1 saturated heterocycles. The molecule has 0 radical (unpaired) electrons. The van der Waals surface area contributed by atoms with Crippen molar-refractivity contribution in [3.8, 4) is 11.5 Å². The number of nitrogens with zero attached hydrogens (tertiary/aromatic N) is 1. The summed E-state index contributed by atoms with van der Waals surface area (Å²) in [6.45, 7) is 0.655. The van der Waals surface area contributed by atoms with Gasteiger partial charge in [-0.1, -0.05) is 48.5 Å². The summed E-state index contributed by atoms with van der Waals surface area (Å²) in [5.41, 5.74) is 1.05. The fourth-order valence-corrected chi connectivity index (χ4v) is 5.77. The Morgan fingerprint density at radius 1 is 0.976 bits per heavy atom. The van der Waals surface area contributed by atoms with Gasteiger partial charge in [-0.25, -0.2) is 0 Å². The molecule has 2 unspecified atom stereocenters. The molecule has 42 heavy (non-hydrogen) atoms. The minimum Gasteiger partial charge on any atom is -0.493 e. The van der Waals surface area contributed by atoms with Crippen LogP contribution in [0.25, 0.3) is 10.8 Å². The van der Waals surface area contributed by atoms with Crippen molar-refractivity contribution < 1.29 is 28.6 Å². The van der Waals surface area contributed by atoms with Crippen molar-refractivity contribution in [1.82, 2.24) is 10.6 Å². The predicted octanol–water partition coefficient (Wildman–Crippen LogP) is 4.72. The molecule has 1 aliphatic heterocycles. The highest BCUT2D eigenvalue weighted by molar-refractivity contribution is 7.12. The number of methoxy groups -OCH3 is 2. The van der Waals surface area contributed by atoms with E-state index in [1.54, 1.807) is 35.7 Å². The van der Waals surface area contributed by atoms with Crippen molar-refractivity contribution in [1.29, 1.82) is 0 Å². The number of thiophene rings is 1. The van der Waals surface area contributed by atoms with Crippen LogP contribution in [-0.2, 0) is 14.3 Å². The Morgan fingerprint density at radius 2 is 1.79 bits per heavy atom. The fraction of sp³-hybridized carbons (Fsp3) is 0.281. The van der Waals surface area contributed by atoms with Gasteiger partial charge in [0.15, 0.2) is 11.5 Å². The van der Waals surface area contributed by atoms with Crippen molar-refractivity contribution in [2.24, 2.45) is 0 Å². The Hall–Kier alpha value is -4.41. The predicted molar refractivity (Wildman–Crippen MR) is 162 cm³/mol. The van der Waals surface area contributed by atoms with Crippen molar-refractivity contribution >= 4 is 45.5 Å². The summed E-state index contributed by atoms with van der Waals surface area (Å²) < 4.78 is 16.7. The third-order valence-electron chi connectivity index (χ3n) is 7.20. The molecule has 0 bridgehead atoms. The van der Waals surface area contributed by atoms with Crippen LogP contribution in [0.5, 0.6) is 11.5 Å². The number of ether oxygens (including phenoxy) is 3. The SMILES string of the molecule is COc1ccc(C(C(=O)NCC2CCCO2)N(C(=O)CNC(=O)c2cccs2)c2cccc3ccccc23)cc1OC. The van der Waals surface area contributed by atoms with E-state index in [0.717, 1.165) is 23.6 Å². The summed E-state index contributed by atoms with van der Waals surface area (Å²) >= 11 is 1.28. The van der Waals surface area contributed by atoms with Crippen LogP contribution < -0.4 is 25.0 Å². The highest BCUT2D eigenvalue weighted by Crippen LogP contribution is 2.37. The number of carbonyl (C=O) groups excluding carboxylic acids is 3. The quantitative estimate of drug-likeness (QED) is 0.263. The lowest BCUT2D eigenvalue weighted by atomic mass is 10.00. The number of hydrogen-bond donors (Lipinski definition) is 2. The van der Waals surface area contributed by atoms with Crippen LogP contribution in [-0.4, -0.2) is 57.7 Å². The standard InChI is InChI=1S/C32H33N3O6S/c1-39-26-15-14-22(18-27(26)40-2)30(32(38)33-19-23-10-6-16-41-23)35(25-12-5-9-21-8-3-4-11-24(21)25)29(36)20-34-31(37)28-13-7-17-42-28/h3-5,7-9,11-15,17-18,23,30H,6,10,16,19-20H2,1-2H3,(H,33,38)(H,34,37). The molecular weight excluding hydrogens is 554 g/mol. The zero-order valence-electron chi connectivity index (χ0n) is 23.5. The number of benzene rings is 3. The fourth-order valence-electron chi connectivity index (χ4n) is 5.13. The van der Waals surface area contributed by atoms with Crippen molar-refractivity contribution in [3.63, 3.8) is 0 Å². The topological polar surface area (TPSA) is 106 Å². The maximum absolute atomic E-state index is 14.2. The summed E-state index contributed by atoms with van der Waals surface area (Å²) in [7, 11) is 3.05. The second-order valence-electron chi connectivity index (χ2n) is 9.82. The molecule has 1 fully saturated rings. The molecule has 0 aliphatic carbocycles. The van der Waals surface area contributed by atoms with Crippen LogP contribution in [0.1, 0.15) is 34.1 Å².